The van der Waals surface area contributed by atoms with Gasteiger partial charge in [0.05, 0.1) is 17.3 Å². The summed E-state index contributed by atoms with van der Waals surface area (Å²) in [5, 5.41) is 10.2. The van der Waals surface area contributed by atoms with Crippen LogP contribution in [-0.2, 0) is 6.42 Å². The van der Waals surface area contributed by atoms with Gasteiger partial charge < -0.3 is 10.0 Å². The Morgan fingerprint density at radius 2 is 2.25 bits per heavy atom. The molecule has 0 bridgehead atoms. The van der Waals surface area contributed by atoms with Gasteiger partial charge in [-0.05, 0) is 25.8 Å². The molecule has 1 atom stereocenters. The molecule has 2 aromatic rings. The second kappa shape index (κ2) is 5.94. The van der Waals surface area contributed by atoms with Gasteiger partial charge in [-0.2, -0.15) is 0 Å². The molecule has 0 saturated carbocycles. The number of hydrogen-bond donors (Lipinski definition) is 1. The Morgan fingerprint density at radius 1 is 1.40 bits per heavy atom. The van der Waals surface area contributed by atoms with Gasteiger partial charge in [0.1, 0.15) is 0 Å². The van der Waals surface area contributed by atoms with Crippen LogP contribution in [0.4, 0.5) is 5.69 Å². The van der Waals surface area contributed by atoms with Crippen molar-refractivity contribution in [2.24, 2.45) is 0 Å². The summed E-state index contributed by atoms with van der Waals surface area (Å²) in [6, 6.07) is 8.25. The standard InChI is InChI=1S/C16H20N2OS/c1-12-16(20-11-17-12)8-10-18-9-4-7-15(19)13-5-2-3-6-14(13)18/h2-3,5-6,11,15,19H,4,7-10H2,1H3. The van der Waals surface area contributed by atoms with Gasteiger partial charge in [0.15, 0.2) is 0 Å². The summed E-state index contributed by atoms with van der Waals surface area (Å²) in [5.74, 6) is 0. The maximum Gasteiger partial charge on any atom is 0.0810 e. The average molecular weight is 288 g/mol. The number of para-hydroxylation sites is 1. The number of fused-ring (bicyclic) bond motifs is 1. The van der Waals surface area contributed by atoms with Crippen molar-refractivity contribution in [3.8, 4) is 0 Å². The van der Waals surface area contributed by atoms with Crippen LogP contribution >= 0.6 is 11.3 Å². The molecule has 0 spiro atoms. The van der Waals surface area contributed by atoms with Crippen LogP contribution in [0.3, 0.4) is 0 Å². The van der Waals surface area contributed by atoms with Gasteiger partial charge >= 0.3 is 0 Å². The summed E-state index contributed by atoms with van der Waals surface area (Å²) in [6.07, 6.45) is 2.60. The van der Waals surface area contributed by atoms with E-state index in [2.05, 4.69) is 35.0 Å². The van der Waals surface area contributed by atoms with Crippen LogP contribution in [-0.4, -0.2) is 23.2 Å². The van der Waals surface area contributed by atoms with Crippen LogP contribution in [0.15, 0.2) is 29.8 Å². The van der Waals surface area contributed by atoms with E-state index in [9.17, 15) is 5.11 Å². The first-order valence-electron chi connectivity index (χ1n) is 7.16. The lowest BCUT2D eigenvalue weighted by Crippen LogP contribution is -2.26. The Labute approximate surface area is 123 Å². The molecule has 0 amide bonds. The first-order chi connectivity index (χ1) is 9.75. The number of benzene rings is 1. The number of aliphatic hydroxyl groups is 1. The molecular weight excluding hydrogens is 268 g/mol. The van der Waals surface area contributed by atoms with Crippen LogP contribution in [0.1, 0.15) is 35.1 Å². The minimum atomic E-state index is -0.318. The fourth-order valence-corrected chi connectivity index (χ4v) is 3.61. The van der Waals surface area contributed by atoms with Gasteiger partial charge in [-0.15, -0.1) is 11.3 Å². The number of aliphatic hydroxyl groups excluding tert-OH is 1. The minimum absolute atomic E-state index is 0.318. The van der Waals surface area contributed by atoms with Gasteiger partial charge in [-0.3, -0.25) is 0 Å². The quantitative estimate of drug-likeness (QED) is 0.941. The van der Waals surface area contributed by atoms with E-state index < -0.39 is 0 Å². The number of aromatic nitrogens is 1. The van der Waals surface area contributed by atoms with Gasteiger partial charge in [0, 0.05) is 35.6 Å². The Hall–Kier alpha value is -1.39. The monoisotopic (exact) mass is 288 g/mol. The van der Waals surface area contributed by atoms with Crippen molar-refractivity contribution in [3.63, 3.8) is 0 Å². The predicted molar refractivity (Wildman–Crippen MR) is 83.4 cm³/mol. The summed E-state index contributed by atoms with van der Waals surface area (Å²) in [7, 11) is 0. The number of thiazole rings is 1. The van der Waals surface area contributed by atoms with Crippen molar-refractivity contribution < 1.29 is 5.11 Å². The van der Waals surface area contributed by atoms with E-state index in [1.54, 1.807) is 11.3 Å². The highest BCUT2D eigenvalue weighted by Crippen LogP contribution is 2.32. The van der Waals surface area contributed by atoms with E-state index in [4.69, 9.17) is 0 Å². The Morgan fingerprint density at radius 3 is 3.05 bits per heavy atom. The molecule has 1 N–H and O–H groups in total. The van der Waals surface area contributed by atoms with E-state index in [1.165, 1.54) is 10.6 Å². The molecule has 1 aliphatic heterocycles. The second-order valence-electron chi connectivity index (χ2n) is 5.31. The van der Waals surface area contributed by atoms with Crippen LogP contribution in [0, 0.1) is 6.92 Å². The highest BCUT2D eigenvalue weighted by atomic mass is 32.1. The highest BCUT2D eigenvalue weighted by molar-refractivity contribution is 7.09. The largest absolute Gasteiger partial charge is 0.388 e. The number of nitrogens with zero attached hydrogens (tertiary/aromatic N) is 2. The molecule has 1 aromatic carbocycles. The summed E-state index contributed by atoms with van der Waals surface area (Å²) in [5.41, 5.74) is 5.34. The Balaban J connectivity index is 1.79. The number of aryl methyl sites for hydroxylation is 1. The van der Waals surface area contributed by atoms with E-state index in [0.29, 0.717) is 0 Å². The Kier molecular flexibility index (Phi) is 4.03. The zero-order chi connectivity index (χ0) is 13.9. The average Bonchev–Trinajstić information content (AvgIpc) is 2.80. The molecule has 20 heavy (non-hydrogen) atoms. The minimum Gasteiger partial charge on any atom is -0.388 e. The summed E-state index contributed by atoms with van der Waals surface area (Å²) < 4.78 is 0. The maximum atomic E-state index is 10.2. The normalized spacial score (nSPS) is 18.7. The molecule has 0 fully saturated rings. The third kappa shape index (κ3) is 2.72. The molecule has 3 nitrogen and oxygen atoms in total. The SMILES string of the molecule is Cc1ncsc1CCN1CCCC(O)c2ccccc21. The van der Waals surface area contributed by atoms with Crippen LogP contribution in [0.5, 0.6) is 0 Å². The van der Waals surface area contributed by atoms with Crippen LogP contribution < -0.4 is 4.90 Å². The second-order valence-corrected chi connectivity index (χ2v) is 6.25. The van der Waals surface area contributed by atoms with Crippen molar-refractivity contribution in [1.82, 2.24) is 4.98 Å². The zero-order valence-electron chi connectivity index (χ0n) is 11.7. The molecule has 2 heterocycles. The third-order valence-electron chi connectivity index (χ3n) is 4.00. The Bertz CT molecular complexity index is 581. The van der Waals surface area contributed by atoms with Crippen molar-refractivity contribution in [2.45, 2.75) is 32.3 Å². The van der Waals surface area contributed by atoms with Crippen molar-refractivity contribution in [3.05, 3.63) is 45.9 Å². The predicted octanol–water partition coefficient (Wildman–Crippen LogP) is 3.33. The molecule has 0 saturated heterocycles. The van der Waals surface area contributed by atoms with Crippen LogP contribution in [0.2, 0.25) is 0 Å². The molecule has 106 valence electrons. The van der Waals surface area contributed by atoms with Crippen molar-refractivity contribution in [1.29, 1.82) is 0 Å². The molecular formula is C16H20N2OS. The summed E-state index contributed by atoms with van der Waals surface area (Å²) in [4.78, 5) is 8.09. The number of hydrogen-bond acceptors (Lipinski definition) is 4. The van der Waals surface area contributed by atoms with E-state index >= 15 is 0 Å². The fraction of sp³-hybridized carbons (Fsp3) is 0.438. The van der Waals surface area contributed by atoms with E-state index in [0.717, 1.165) is 43.6 Å². The lowest BCUT2D eigenvalue weighted by molar-refractivity contribution is 0.168. The fourth-order valence-electron chi connectivity index (χ4n) is 2.84. The number of anilines is 1. The third-order valence-corrected chi connectivity index (χ3v) is 4.99. The van der Waals surface area contributed by atoms with Gasteiger partial charge in [-0.25, -0.2) is 4.98 Å². The molecule has 0 radical (unpaired) electrons. The molecule has 1 aliphatic rings. The summed E-state index contributed by atoms with van der Waals surface area (Å²) >= 11 is 1.74. The van der Waals surface area contributed by atoms with Crippen LogP contribution in [0.25, 0.3) is 0 Å². The van der Waals surface area contributed by atoms with E-state index in [-0.39, 0.29) is 6.10 Å². The summed E-state index contributed by atoms with van der Waals surface area (Å²) in [6.45, 7) is 4.09. The molecule has 1 aromatic heterocycles. The zero-order valence-corrected chi connectivity index (χ0v) is 12.6. The highest BCUT2D eigenvalue weighted by Gasteiger charge is 2.20. The topological polar surface area (TPSA) is 36.4 Å². The molecule has 0 aliphatic carbocycles. The van der Waals surface area contributed by atoms with Crippen molar-refractivity contribution in [2.75, 3.05) is 18.0 Å². The number of rotatable bonds is 3. The lowest BCUT2D eigenvalue weighted by atomic mass is 10.0. The van der Waals surface area contributed by atoms with Crippen molar-refractivity contribution >= 4 is 17.0 Å². The van der Waals surface area contributed by atoms with Gasteiger partial charge in [-0.1, -0.05) is 18.2 Å². The van der Waals surface area contributed by atoms with Gasteiger partial charge in [0.25, 0.3) is 0 Å². The first kappa shape index (κ1) is 13.6. The first-order valence-corrected chi connectivity index (χ1v) is 8.04. The molecule has 1 unspecified atom stereocenters. The molecule has 4 heteroatoms. The molecule has 3 rings (SSSR count). The maximum absolute atomic E-state index is 10.2. The van der Waals surface area contributed by atoms with E-state index in [1.807, 2.05) is 11.6 Å². The lowest BCUT2D eigenvalue weighted by Gasteiger charge is -2.25. The smallest absolute Gasteiger partial charge is 0.0810 e. The van der Waals surface area contributed by atoms with Gasteiger partial charge in [0.2, 0.25) is 0 Å².